The summed E-state index contributed by atoms with van der Waals surface area (Å²) >= 11 is 0. The van der Waals surface area contributed by atoms with Crippen LogP contribution in [0.3, 0.4) is 0 Å². The zero-order chi connectivity index (χ0) is 8.97. The second kappa shape index (κ2) is 4.26. The van der Waals surface area contributed by atoms with Gasteiger partial charge in [-0.2, -0.15) is 0 Å². The van der Waals surface area contributed by atoms with Crippen molar-refractivity contribution < 1.29 is 4.79 Å². The maximum absolute atomic E-state index is 11.2. The van der Waals surface area contributed by atoms with E-state index in [-0.39, 0.29) is 11.9 Å². The van der Waals surface area contributed by atoms with Gasteiger partial charge in [0.05, 0.1) is 0 Å². The summed E-state index contributed by atoms with van der Waals surface area (Å²) in [5.41, 5.74) is 5.77. The number of likely N-dealkylation sites (tertiary alicyclic amines) is 1. The van der Waals surface area contributed by atoms with Crippen molar-refractivity contribution in [2.24, 2.45) is 5.73 Å². The fraction of sp³-hybridized carbons (Fsp3) is 0.667. The Kier molecular flexibility index (Phi) is 3.29. The number of carbonyl (C=O) groups excluding carboxylic acids is 1. The molecule has 0 aromatic rings. The van der Waals surface area contributed by atoms with Crippen LogP contribution in [0.5, 0.6) is 0 Å². The number of hydrogen-bond donors (Lipinski definition) is 1. The number of nitrogens with zero attached hydrogens (tertiary/aromatic N) is 1. The molecule has 1 atom stereocenters. The first kappa shape index (κ1) is 9.26. The lowest BCUT2D eigenvalue weighted by molar-refractivity contribution is -0.125. The number of nitrogens with two attached hydrogens (primary N) is 1. The molecule has 1 rings (SSSR count). The topological polar surface area (TPSA) is 46.3 Å². The Hall–Kier alpha value is -0.830. The molecule has 0 spiro atoms. The first-order chi connectivity index (χ1) is 5.74. The van der Waals surface area contributed by atoms with Crippen molar-refractivity contribution in [1.82, 2.24) is 4.90 Å². The number of carbonyl (C=O) groups is 1. The molecular weight excluding hydrogens is 152 g/mol. The van der Waals surface area contributed by atoms with Crippen molar-refractivity contribution in [3.8, 4) is 0 Å². The normalized spacial score (nSPS) is 24.8. The van der Waals surface area contributed by atoms with Gasteiger partial charge in [0, 0.05) is 19.1 Å². The highest BCUT2D eigenvalue weighted by Crippen LogP contribution is 2.09. The molecule has 1 aliphatic rings. The Morgan fingerprint density at radius 1 is 1.50 bits per heavy atom. The summed E-state index contributed by atoms with van der Waals surface area (Å²) in [7, 11) is 0. The van der Waals surface area contributed by atoms with Gasteiger partial charge in [-0.3, -0.25) is 4.79 Å². The lowest BCUT2D eigenvalue weighted by Gasteiger charge is -2.17. The van der Waals surface area contributed by atoms with Crippen molar-refractivity contribution >= 4 is 5.91 Å². The van der Waals surface area contributed by atoms with E-state index in [4.69, 9.17) is 5.73 Å². The van der Waals surface area contributed by atoms with Gasteiger partial charge < -0.3 is 10.6 Å². The van der Waals surface area contributed by atoms with E-state index in [1.165, 1.54) is 6.08 Å². The van der Waals surface area contributed by atoms with Crippen LogP contribution in [0.1, 0.15) is 19.3 Å². The molecule has 12 heavy (non-hydrogen) atoms. The smallest absolute Gasteiger partial charge is 0.245 e. The second-order valence-corrected chi connectivity index (χ2v) is 3.22. The van der Waals surface area contributed by atoms with Crippen molar-refractivity contribution in [2.75, 3.05) is 13.1 Å². The second-order valence-electron chi connectivity index (χ2n) is 3.22. The van der Waals surface area contributed by atoms with Gasteiger partial charge in [0.1, 0.15) is 0 Å². The van der Waals surface area contributed by atoms with Crippen LogP contribution in [-0.2, 0) is 4.79 Å². The Bertz CT molecular complexity index is 179. The van der Waals surface area contributed by atoms with E-state index >= 15 is 0 Å². The molecule has 2 N–H and O–H groups in total. The van der Waals surface area contributed by atoms with Gasteiger partial charge in [-0.25, -0.2) is 0 Å². The van der Waals surface area contributed by atoms with Crippen LogP contribution >= 0.6 is 0 Å². The molecule has 1 fully saturated rings. The average Bonchev–Trinajstić information content (AvgIpc) is 2.29. The molecule has 68 valence electrons. The predicted molar refractivity (Wildman–Crippen MR) is 48.6 cm³/mol. The average molecular weight is 168 g/mol. The zero-order valence-electron chi connectivity index (χ0n) is 7.33. The van der Waals surface area contributed by atoms with Crippen LogP contribution in [0.2, 0.25) is 0 Å². The van der Waals surface area contributed by atoms with E-state index in [0.29, 0.717) is 0 Å². The van der Waals surface area contributed by atoms with Crippen molar-refractivity contribution in [2.45, 2.75) is 25.3 Å². The Morgan fingerprint density at radius 3 is 2.92 bits per heavy atom. The maximum atomic E-state index is 11.2. The van der Waals surface area contributed by atoms with Gasteiger partial charge in [0.25, 0.3) is 0 Å². The van der Waals surface area contributed by atoms with E-state index in [0.717, 1.165) is 32.4 Å². The van der Waals surface area contributed by atoms with Crippen LogP contribution in [0.15, 0.2) is 12.7 Å². The van der Waals surface area contributed by atoms with Gasteiger partial charge in [-0.15, -0.1) is 0 Å². The van der Waals surface area contributed by atoms with Crippen LogP contribution in [-0.4, -0.2) is 29.9 Å². The monoisotopic (exact) mass is 168 g/mol. The van der Waals surface area contributed by atoms with Crippen LogP contribution in [0.4, 0.5) is 0 Å². The summed E-state index contributed by atoms with van der Waals surface area (Å²) in [5, 5.41) is 0. The lowest BCUT2D eigenvalue weighted by Crippen LogP contribution is -2.31. The van der Waals surface area contributed by atoms with E-state index in [2.05, 4.69) is 6.58 Å². The summed E-state index contributed by atoms with van der Waals surface area (Å²) < 4.78 is 0. The SMILES string of the molecule is C=CC(=O)N1CCCC(N)CC1. The minimum absolute atomic E-state index is 0.0316. The molecule has 1 unspecified atom stereocenters. The first-order valence-electron chi connectivity index (χ1n) is 4.41. The third kappa shape index (κ3) is 2.34. The molecule has 0 saturated carbocycles. The minimum Gasteiger partial charge on any atom is -0.339 e. The van der Waals surface area contributed by atoms with Gasteiger partial charge in [0.15, 0.2) is 0 Å². The first-order valence-corrected chi connectivity index (χ1v) is 4.41. The molecule has 0 aromatic carbocycles. The summed E-state index contributed by atoms with van der Waals surface area (Å²) in [6.45, 7) is 5.08. The Balaban J connectivity index is 2.45. The molecule has 0 aliphatic carbocycles. The molecule has 0 aromatic heterocycles. The van der Waals surface area contributed by atoms with E-state index < -0.39 is 0 Å². The maximum Gasteiger partial charge on any atom is 0.245 e. The molecule has 1 aliphatic heterocycles. The number of amides is 1. The largest absolute Gasteiger partial charge is 0.339 e. The number of hydrogen-bond acceptors (Lipinski definition) is 2. The molecule has 3 heteroatoms. The highest BCUT2D eigenvalue weighted by atomic mass is 16.2. The van der Waals surface area contributed by atoms with E-state index in [1.54, 1.807) is 0 Å². The quantitative estimate of drug-likeness (QED) is 0.580. The highest BCUT2D eigenvalue weighted by Gasteiger charge is 2.15. The minimum atomic E-state index is 0.0316. The molecule has 0 radical (unpaired) electrons. The molecule has 0 bridgehead atoms. The lowest BCUT2D eigenvalue weighted by atomic mass is 10.1. The third-order valence-electron chi connectivity index (χ3n) is 2.26. The molecular formula is C9H16N2O. The van der Waals surface area contributed by atoms with Gasteiger partial charge in [-0.1, -0.05) is 6.58 Å². The standard InChI is InChI=1S/C9H16N2O/c1-2-9(12)11-6-3-4-8(10)5-7-11/h2,8H,1,3-7,10H2. The van der Waals surface area contributed by atoms with E-state index in [1.807, 2.05) is 4.90 Å². The van der Waals surface area contributed by atoms with Gasteiger partial charge >= 0.3 is 0 Å². The zero-order valence-corrected chi connectivity index (χ0v) is 7.33. The number of rotatable bonds is 1. The molecule has 1 amide bonds. The van der Waals surface area contributed by atoms with Crippen molar-refractivity contribution in [1.29, 1.82) is 0 Å². The summed E-state index contributed by atoms with van der Waals surface area (Å²) in [6.07, 6.45) is 4.33. The predicted octanol–water partition coefficient (Wildman–Crippen LogP) is 0.512. The fourth-order valence-electron chi connectivity index (χ4n) is 1.47. The third-order valence-corrected chi connectivity index (χ3v) is 2.26. The van der Waals surface area contributed by atoms with Crippen LogP contribution in [0, 0.1) is 0 Å². The Labute approximate surface area is 73.2 Å². The summed E-state index contributed by atoms with van der Waals surface area (Å²) in [5.74, 6) is 0.0316. The molecule has 1 heterocycles. The van der Waals surface area contributed by atoms with Crippen LogP contribution in [0.25, 0.3) is 0 Å². The van der Waals surface area contributed by atoms with Gasteiger partial charge in [-0.05, 0) is 25.3 Å². The van der Waals surface area contributed by atoms with Gasteiger partial charge in [0.2, 0.25) is 5.91 Å². The summed E-state index contributed by atoms with van der Waals surface area (Å²) in [4.78, 5) is 13.0. The summed E-state index contributed by atoms with van der Waals surface area (Å²) in [6, 6.07) is 0.271. The van der Waals surface area contributed by atoms with E-state index in [9.17, 15) is 4.79 Å². The van der Waals surface area contributed by atoms with Crippen molar-refractivity contribution in [3.05, 3.63) is 12.7 Å². The molecule has 3 nitrogen and oxygen atoms in total. The molecule has 1 saturated heterocycles. The fourth-order valence-corrected chi connectivity index (χ4v) is 1.47. The highest BCUT2D eigenvalue weighted by molar-refractivity contribution is 5.86. The Morgan fingerprint density at radius 2 is 2.25 bits per heavy atom. The van der Waals surface area contributed by atoms with Crippen LogP contribution < -0.4 is 5.73 Å². The van der Waals surface area contributed by atoms with Crippen molar-refractivity contribution in [3.63, 3.8) is 0 Å².